The predicted octanol–water partition coefficient (Wildman–Crippen LogP) is 3.44. The van der Waals surface area contributed by atoms with E-state index in [9.17, 15) is 9.65 Å². The zero-order chi connectivity index (χ0) is 15.0. The van der Waals surface area contributed by atoms with Crippen LogP contribution in [-0.4, -0.2) is 12.1 Å². The van der Waals surface area contributed by atoms with E-state index in [4.69, 9.17) is 10.5 Å². The maximum absolute atomic E-state index is 13.6. The number of fused-ring (bicyclic) bond motifs is 1. The van der Waals surface area contributed by atoms with Gasteiger partial charge < -0.3 is 15.5 Å². The Kier molecular flexibility index (Phi) is 2.99. The van der Waals surface area contributed by atoms with E-state index in [0.717, 1.165) is 10.9 Å². The summed E-state index contributed by atoms with van der Waals surface area (Å²) in [6.07, 6.45) is 0. The predicted molar refractivity (Wildman–Crippen MR) is 79.4 cm³/mol. The average molecular weight is 281 g/mol. The van der Waals surface area contributed by atoms with Gasteiger partial charge in [-0.05, 0) is 24.3 Å². The third-order valence-corrected chi connectivity index (χ3v) is 3.41. The highest BCUT2D eigenvalue weighted by Gasteiger charge is 2.14. The summed E-state index contributed by atoms with van der Waals surface area (Å²) in [5, 5.41) is 10.2. The normalized spacial score (nSPS) is 10.5. The molecular weight excluding hydrogens is 269 g/mol. The fourth-order valence-electron chi connectivity index (χ4n) is 2.32. The van der Waals surface area contributed by atoms with Gasteiger partial charge in [0.1, 0.15) is 17.6 Å². The summed E-state index contributed by atoms with van der Waals surface area (Å²) in [5.41, 5.74) is 7.94. The number of aromatic nitrogens is 1. The zero-order valence-electron chi connectivity index (χ0n) is 11.3. The number of anilines is 1. The molecule has 0 saturated carbocycles. The second-order valence-corrected chi connectivity index (χ2v) is 4.63. The fraction of sp³-hybridized carbons (Fsp3) is 0.0625. The molecule has 0 saturated heterocycles. The number of hydrogen-bond donors (Lipinski definition) is 2. The van der Waals surface area contributed by atoms with Crippen molar-refractivity contribution in [3.63, 3.8) is 0 Å². The van der Waals surface area contributed by atoms with Crippen LogP contribution in [0.15, 0.2) is 36.4 Å². The van der Waals surface area contributed by atoms with Gasteiger partial charge in [-0.1, -0.05) is 6.07 Å². The van der Waals surface area contributed by atoms with E-state index in [1.165, 1.54) is 12.1 Å². The average Bonchev–Trinajstić information content (AvgIpc) is 2.87. The maximum Gasteiger partial charge on any atom is 0.146 e. The van der Waals surface area contributed by atoms with E-state index in [-0.39, 0.29) is 5.69 Å². The summed E-state index contributed by atoms with van der Waals surface area (Å²) in [6.45, 7) is 0. The molecule has 0 atom stereocenters. The summed E-state index contributed by atoms with van der Waals surface area (Å²) in [6, 6.07) is 12.0. The lowest BCUT2D eigenvalue weighted by atomic mass is 10.1. The van der Waals surface area contributed by atoms with Gasteiger partial charge in [0.05, 0.1) is 29.6 Å². The monoisotopic (exact) mass is 281 g/mol. The van der Waals surface area contributed by atoms with Crippen molar-refractivity contribution in [2.24, 2.45) is 0 Å². The first-order valence-electron chi connectivity index (χ1n) is 6.29. The Morgan fingerprint density at radius 3 is 2.71 bits per heavy atom. The first-order valence-corrected chi connectivity index (χ1v) is 6.29. The summed E-state index contributed by atoms with van der Waals surface area (Å²) >= 11 is 0. The van der Waals surface area contributed by atoms with Crippen molar-refractivity contribution in [3.05, 3.63) is 47.8 Å². The van der Waals surface area contributed by atoms with Crippen LogP contribution in [0.4, 0.5) is 10.1 Å². The van der Waals surface area contributed by atoms with Crippen molar-refractivity contribution in [2.75, 3.05) is 12.8 Å². The van der Waals surface area contributed by atoms with E-state index < -0.39 is 5.82 Å². The van der Waals surface area contributed by atoms with Crippen LogP contribution in [0.5, 0.6) is 5.75 Å². The molecule has 21 heavy (non-hydrogen) atoms. The fourth-order valence-corrected chi connectivity index (χ4v) is 2.32. The molecule has 0 aliphatic heterocycles. The first-order chi connectivity index (χ1) is 10.1. The van der Waals surface area contributed by atoms with Crippen molar-refractivity contribution in [1.82, 2.24) is 4.98 Å². The number of hydrogen-bond acceptors (Lipinski definition) is 3. The number of ether oxygens (including phenoxy) is 1. The molecular formula is C16H12FN3O. The molecule has 0 unspecified atom stereocenters. The number of methoxy groups -OCH3 is 1. The van der Waals surface area contributed by atoms with Crippen LogP contribution in [-0.2, 0) is 0 Å². The Morgan fingerprint density at radius 1 is 1.24 bits per heavy atom. The number of nitriles is 1. The molecule has 5 heteroatoms. The van der Waals surface area contributed by atoms with Crippen LogP contribution >= 0.6 is 0 Å². The highest BCUT2D eigenvalue weighted by Crippen LogP contribution is 2.32. The number of H-pyrrole nitrogens is 1. The highest BCUT2D eigenvalue weighted by molar-refractivity contribution is 5.94. The van der Waals surface area contributed by atoms with Crippen LogP contribution in [0.2, 0.25) is 0 Å². The van der Waals surface area contributed by atoms with Gasteiger partial charge in [-0.25, -0.2) is 4.39 Å². The molecule has 0 bridgehead atoms. The van der Waals surface area contributed by atoms with Crippen LogP contribution in [0.3, 0.4) is 0 Å². The molecule has 0 aliphatic carbocycles. The number of nitrogens with zero attached hydrogens (tertiary/aromatic N) is 1. The largest absolute Gasteiger partial charge is 0.497 e. The topological polar surface area (TPSA) is 74.8 Å². The molecule has 0 amide bonds. The lowest BCUT2D eigenvalue weighted by Gasteiger charge is -2.01. The summed E-state index contributed by atoms with van der Waals surface area (Å²) in [4.78, 5) is 3.14. The van der Waals surface area contributed by atoms with Gasteiger partial charge in [0, 0.05) is 17.0 Å². The van der Waals surface area contributed by atoms with Gasteiger partial charge in [-0.2, -0.15) is 5.26 Å². The summed E-state index contributed by atoms with van der Waals surface area (Å²) in [7, 11) is 1.57. The van der Waals surface area contributed by atoms with Crippen LogP contribution in [0, 0.1) is 17.1 Å². The van der Waals surface area contributed by atoms with Crippen molar-refractivity contribution < 1.29 is 9.13 Å². The van der Waals surface area contributed by atoms with Gasteiger partial charge in [-0.15, -0.1) is 0 Å². The standard InChI is InChI=1S/C16H12FN3O/c1-21-10-3-4-11-12(8-18)16(20-15(11)7-10)9-2-5-14(19)13(17)6-9/h2-7,20H,19H2,1H3. The molecule has 0 aliphatic rings. The van der Waals surface area contributed by atoms with E-state index in [1.807, 2.05) is 0 Å². The number of nitrogen functional groups attached to an aromatic ring is 1. The second-order valence-electron chi connectivity index (χ2n) is 4.63. The molecule has 2 aromatic carbocycles. The molecule has 0 radical (unpaired) electrons. The molecule has 3 N–H and O–H groups in total. The van der Waals surface area contributed by atoms with Crippen molar-refractivity contribution >= 4 is 16.6 Å². The quantitative estimate of drug-likeness (QED) is 0.706. The van der Waals surface area contributed by atoms with E-state index >= 15 is 0 Å². The molecule has 0 spiro atoms. The van der Waals surface area contributed by atoms with Gasteiger partial charge in [0.15, 0.2) is 0 Å². The summed E-state index contributed by atoms with van der Waals surface area (Å²) in [5.74, 6) is 0.177. The highest BCUT2D eigenvalue weighted by atomic mass is 19.1. The van der Waals surface area contributed by atoms with Gasteiger partial charge in [-0.3, -0.25) is 0 Å². The molecule has 3 rings (SSSR count). The Balaban J connectivity index is 2.26. The molecule has 1 aromatic heterocycles. The minimum absolute atomic E-state index is 0.0787. The lowest BCUT2D eigenvalue weighted by Crippen LogP contribution is -1.91. The van der Waals surface area contributed by atoms with Crippen molar-refractivity contribution in [1.29, 1.82) is 5.26 Å². The first kappa shape index (κ1) is 13.0. The minimum atomic E-state index is -0.507. The van der Waals surface area contributed by atoms with Crippen LogP contribution < -0.4 is 10.5 Å². The van der Waals surface area contributed by atoms with Crippen molar-refractivity contribution in [3.8, 4) is 23.1 Å². The molecule has 1 heterocycles. The third kappa shape index (κ3) is 2.07. The maximum atomic E-state index is 13.6. The van der Waals surface area contributed by atoms with Gasteiger partial charge in [0.2, 0.25) is 0 Å². The number of nitrogens with one attached hydrogen (secondary N) is 1. The van der Waals surface area contributed by atoms with Gasteiger partial charge >= 0.3 is 0 Å². The van der Waals surface area contributed by atoms with E-state index in [0.29, 0.717) is 22.6 Å². The van der Waals surface area contributed by atoms with E-state index in [2.05, 4.69) is 11.1 Å². The van der Waals surface area contributed by atoms with Gasteiger partial charge in [0.25, 0.3) is 0 Å². The smallest absolute Gasteiger partial charge is 0.146 e. The number of benzene rings is 2. The SMILES string of the molecule is COc1ccc2c(C#N)c(-c3ccc(N)c(F)c3)[nH]c2c1. The van der Waals surface area contributed by atoms with Crippen molar-refractivity contribution in [2.45, 2.75) is 0 Å². The molecule has 104 valence electrons. The van der Waals surface area contributed by atoms with Crippen LogP contribution in [0.1, 0.15) is 5.56 Å². The molecule has 0 fully saturated rings. The Labute approximate surface area is 120 Å². The Hall–Kier alpha value is -3.00. The number of rotatable bonds is 2. The molecule has 3 aromatic rings. The third-order valence-electron chi connectivity index (χ3n) is 3.41. The number of aromatic amines is 1. The van der Waals surface area contributed by atoms with Crippen LogP contribution in [0.25, 0.3) is 22.2 Å². The Morgan fingerprint density at radius 2 is 2.05 bits per heavy atom. The number of halogens is 1. The zero-order valence-corrected chi connectivity index (χ0v) is 11.3. The molecule has 4 nitrogen and oxygen atoms in total. The number of nitrogens with two attached hydrogens (primary N) is 1. The second kappa shape index (κ2) is 4.84. The minimum Gasteiger partial charge on any atom is -0.497 e. The Bertz CT molecular complexity index is 877. The van der Waals surface area contributed by atoms with E-state index in [1.54, 1.807) is 31.4 Å². The summed E-state index contributed by atoms with van der Waals surface area (Å²) < 4.78 is 18.8. The lowest BCUT2D eigenvalue weighted by molar-refractivity contribution is 0.415.